The number of methoxy groups -OCH3 is 1. The van der Waals surface area contributed by atoms with Gasteiger partial charge < -0.3 is 15.8 Å². The van der Waals surface area contributed by atoms with E-state index in [9.17, 15) is 9.18 Å². The van der Waals surface area contributed by atoms with E-state index < -0.39 is 5.97 Å². The van der Waals surface area contributed by atoms with E-state index in [2.05, 4.69) is 15.0 Å². The number of nitrogen functional groups attached to an aromatic ring is 1. The number of halogens is 1. The van der Waals surface area contributed by atoms with Crippen LogP contribution in [0.5, 0.6) is 0 Å². The number of hydrogen-bond donors (Lipinski definition) is 2. The maximum atomic E-state index is 13.0. The first-order valence-corrected chi connectivity index (χ1v) is 5.92. The van der Waals surface area contributed by atoms with Crippen LogP contribution in [0.4, 0.5) is 15.9 Å². The van der Waals surface area contributed by atoms with Gasteiger partial charge in [0, 0.05) is 6.54 Å². The lowest BCUT2D eigenvalue weighted by Crippen LogP contribution is -2.09. The summed E-state index contributed by atoms with van der Waals surface area (Å²) in [5, 5.41) is 2.99. The first kappa shape index (κ1) is 13.8. The van der Waals surface area contributed by atoms with E-state index in [0.29, 0.717) is 12.4 Å². The molecule has 0 atom stereocenters. The highest BCUT2D eigenvalue weighted by molar-refractivity contribution is 5.95. The Morgan fingerprint density at radius 2 is 2.25 bits per heavy atom. The Bertz CT molecular complexity index is 632. The van der Waals surface area contributed by atoms with Gasteiger partial charge in [-0.3, -0.25) is 0 Å². The molecule has 1 aromatic carbocycles. The smallest absolute Gasteiger partial charge is 0.340 e. The van der Waals surface area contributed by atoms with E-state index in [1.54, 1.807) is 12.1 Å². The first-order chi connectivity index (χ1) is 9.60. The Morgan fingerprint density at radius 1 is 1.45 bits per heavy atom. The number of nitrogens with one attached hydrogen (secondary N) is 1. The third-order valence-electron chi connectivity index (χ3n) is 2.70. The topological polar surface area (TPSA) is 77.2 Å². The van der Waals surface area contributed by atoms with Gasteiger partial charge in [0.15, 0.2) is 0 Å². The van der Waals surface area contributed by atoms with Crippen molar-refractivity contribution >= 4 is 17.5 Å². The van der Waals surface area contributed by atoms with Gasteiger partial charge in [-0.1, -0.05) is 12.1 Å². The number of hydrogen-bond acceptors (Lipinski definition) is 5. The lowest BCUT2D eigenvalue weighted by atomic mass is 10.2. The SMILES string of the molecule is COC(=O)c1cc(NCc2cccc(F)c2)ncc1N. The normalized spacial score (nSPS) is 10.1. The van der Waals surface area contributed by atoms with Crippen LogP contribution in [0.25, 0.3) is 0 Å². The molecule has 0 radical (unpaired) electrons. The van der Waals surface area contributed by atoms with Crippen LogP contribution in [0.3, 0.4) is 0 Å². The third-order valence-corrected chi connectivity index (χ3v) is 2.70. The number of pyridine rings is 1. The number of nitrogens with two attached hydrogens (primary N) is 1. The minimum absolute atomic E-state index is 0.240. The summed E-state index contributed by atoms with van der Waals surface area (Å²) in [7, 11) is 1.28. The fourth-order valence-electron chi connectivity index (χ4n) is 1.69. The molecule has 3 N–H and O–H groups in total. The van der Waals surface area contributed by atoms with Crippen LogP contribution in [-0.2, 0) is 11.3 Å². The zero-order chi connectivity index (χ0) is 14.5. The molecule has 0 saturated carbocycles. The molecule has 2 rings (SSSR count). The lowest BCUT2D eigenvalue weighted by molar-refractivity contribution is 0.0602. The van der Waals surface area contributed by atoms with Crippen molar-refractivity contribution in [2.45, 2.75) is 6.54 Å². The predicted octanol–water partition coefficient (Wildman–Crippen LogP) is 2.20. The van der Waals surface area contributed by atoms with Crippen LogP contribution in [0, 0.1) is 5.82 Å². The molecule has 0 aliphatic carbocycles. The molecule has 1 heterocycles. The van der Waals surface area contributed by atoms with Crippen molar-refractivity contribution in [1.29, 1.82) is 0 Å². The number of nitrogens with zero attached hydrogens (tertiary/aromatic N) is 1. The van der Waals surface area contributed by atoms with Crippen LogP contribution in [-0.4, -0.2) is 18.1 Å². The first-order valence-electron chi connectivity index (χ1n) is 5.92. The van der Waals surface area contributed by atoms with E-state index in [-0.39, 0.29) is 17.1 Å². The summed E-state index contributed by atoms with van der Waals surface area (Å²) in [6, 6.07) is 7.71. The second kappa shape index (κ2) is 6.01. The third kappa shape index (κ3) is 3.23. The molecule has 0 unspecified atom stereocenters. The molecule has 0 saturated heterocycles. The fourth-order valence-corrected chi connectivity index (χ4v) is 1.69. The van der Waals surface area contributed by atoms with Gasteiger partial charge in [-0.15, -0.1) is 0 Å². The summed E-state index contributed by atoms with van der Waals surface area (Å²) in [5.74, 6) is -0.368. The van der Waals surface area contributed by atoms with E-state index in [0.717, 1.165) is 5.56 Å². The number of anilines is 2. The molecular weight excluding hydrogens is 261 g/mol. The Morgan fingerprint density at radius 3 is 2.95 bits per heavy atom. The summed E-state index contributed by atoms with van der Waals surface area (Å²) < 4.78 is 17.7. The number of esters is 1. The predicted molar refractivity (Wildman–Crippen MR) is 73.7 cm³/mol. The zero-order valence-electron chi connectivity index (χ0n) is 10.9. The fraction of sp³-hybridized carbons (Fsp3) is 0.143. The van der Waals surface area contributed by atoms with Gasteiger partial charge in [-0.25, -0.2) is 14.2 Å². The van der Waals surface area contributed by atoms with Crippen LogP contribution >= 0.6 is 0 Å². The zero-order valence-corrected chi connectivity index (χ0v) is 10.9. The Hall–Kier alpha value is -2.63. The Labute approximate surface area is 115 Å². The van der Waals surface area contributed by atoms with Crippen molar-refractivity contribution in [3.63, 3.8) is 0 Å². The average molecular weight is 275 g/mol. The van der Waals surface area contributed by atoms with E-state index in [1.165, 1.54) is 31.5 Å². The van der Waals surface area contributed by atoms with Gasteiger partial charge >= 0.3 is 5.97 Å². The quantitative estimate of drug-likeness (QED) is 0.836. The van der Waals surface area contributed by atoms with Crippen LogP contribution in [0.15, 0.2) is 36.5 Å². The highest BCUT2D eigenvalue weighted by Gasteiger charge is 2.11. The minimum Gasteiger partial charge on any atom is -0.465 e. The Balaban J connectivity index is 2.12. The molecule has 20 heavy (non-hydrogen) atoms. The monoisotopic (exact) mass is 275 g/mol. The van der Waals surface area contributed by atoms with Crippen molar-refractivity contribution in [2.75, 3.05) is 18.2 Å². The van der Waals surface area contributed by atoms with Gasteiger partial charge in [0.05, 0.1) is 24.6 Å². The molecule has 0 aliphatic heterocycles. The second-order valence-corrected chi connectivity index (χ2v) is 4.13. The molecule has 5 nitrogen and oxygen atoms in total. The summed E-state index contributed by atoms with van der Waals surface area (Å²) in [5.41, 5.74) is 6.90. The molecule has 6 heteroatoms. The van der Waals surface area contributed by atoms with Crippen LogP contribution in [0.2, 0.25) is 0 Å². The largest absolute Gasteiger partial charge is 0.465 e. The summed E-state index contributed by atoms with van der Waals surface area (Å²) in [4.78, 5) is 15.6. The summed E-state index contributed by atoms with van der Waals surface area (Å²) >= 11 is 0. The lowest BCUT2D eigenvalue weighted by Gasteiger charge is -2.09. The highest BCUT2D eigenvalue weighted by atomic mass is 19.1. The number of rotatable bonds is 4. The number of benzene rings is 1. The second-order valence-electron chi connectivity index (χ2n) is 4.13. The van der Waals surface area contributed by atoms with Crippen molar-refractivity contribution in [2.24, 2.45) is 0 Å². The van der Waals surface area contributed by atoms with E-state index >= 15 is 0 Å². The molecule has 0 fully saturated rings. The maximum absolute atomic E-state index is 13.0. The highest BCUT2D eigenvalue weighted by Crippen LogP contribution is 2.16. The van der Waals surface area contributed by atoms with Gasteiger partial charge in [0.25, 0.3) is 0 Å². The van der Waals surface area contributed by atoms with Crippen molar-refractivity contribution in [3.05, 3.63) is 53.5 Å². The minimum atomic E-state index is -0.529. The number of carbonyl (C=O) groups excluding carboxylic acids is 1. The van der Waals surface area contributed by atoms with Gasteiger partial charge in [-0.2, -0.15) is 0 Å². The van der Waals surface area contributed by atoms with Crippen molar-refractivity contribution in [1.82, 2.24) is 4.98 Å². The molecule has 0 aliphatic rings. The molecule has 104 valence electrons. The summed E-state index contributed by atoms with van der Waals surface area (Å²) in [6.07, 6.45) is 1.38. The van der Waals surface area contributed by atoms with Gasteiger partial charge in [-0.05, 0) is 23.8 Å². The number of ether oxygens (including phenoxy) is 1. The van der Waals surface area contributed by atoms with E-state index in [4.69, 9.17) is 5.73 Å². The number of carbonyl (C=O) groups is 1. The molecule has 1 aromatic heterocycles. The Kier molecular flexibility index (Phi) is 4.14. The van der Waals surface area contributed by atoms with Crippen LogP contribution < -0.4 is 11.1 Å². The van der Waals surface area contributed by atoms with Crippen molar-refractivity contribution < 1.29 is 13.9 Å². The molecular formula is C14H14FN3O2. The average Bonchev–Trinajstić information content (AvgIpc) is 2.45. The maximum Gasteiger partial charge on any atom is 0.340 e. The van der Waals surface area contributed by atoms with Crippen molar-refractivity contribution in [3.8, 4) is 0 Å². The number of aromatic nitrogens is 1. The van der Waals surface area contributed by atoms with E-state index in [1.807, 2.05) is 0 Å². The molecule has 0 amide bonds. The molecule has 2 aromatic rings. The van der Waals surface area contributed by atoms with Gasteiger partial charge in [0.1, 0.15) is 11.6 Å². The molecule has 0 bridgehead atoms. The van der Waals surface area contributed by atoms with Crippen LogP contribution in [0.1, 0.15) is 15.9 Å². The van der Waals surface area contributed by atoms with Gasteiger partial charge in [0.2, 0.25) is 0 Å². The summed E-state index contributed by atoms with van der Waals surface area (Å²) in [6.45, 7) is 0.384. The molecule has 0 spiro atoms. The standard InChI is InChI=1S/C14H14FN3O2/c1-20-14(19)11-6-13(18-8-12(11)16)17-7-9-3-2-4-10(15)5-9/h2-6,8H,7,16H2,1H3,(H,17,18).